The Morgan fingerprint density at radius 2 is 1.24 bits per heavy atom. The number of rotatable bonds is 18. The van der Waals surface area contributed by atoms with Crippen LogP contribution in [0.25, 0.3) is 0 Å². The first-order valence-electron chi connectivity index (χ1n) is 15.6. The van der Waals surface area contributed by atoms with Gasteiger partial charge in [-0.1, -0.05) is 19.8 Å². The lowest BCUT2D eigenvalue weighted by Crippen LogP contribution is -2.30. The lowest BCUT2D eigenvalue weighted by molar-refractivity contribution is -0.146. The van der Waals surface area contributed by atoms with Crippen molar-refractivity contribution in [1.82, 2.24) is 9.80 Å². The Labute approximate surface area is 247 Å². The van der Waals surface area contributed by atoms with Crippen LogP contribution in [0.3, 0.4) is 0 Å². The summed E-state index contributed by atoms with van der Waals surface area (Å²) in [7, 11) is 0. The van der Waals surface area contributed by atoms with E-state index < -0.39 is 0 Å². The van der Waals surface area contributed by atoms with Crippen LogP contribution in [-0.2, 0) is 38.2 Å². The first-order chi connectivity index (χ1) is 20.2. The lowest BCUT2D eigenvalue weighted by Gasteiger charge is -2.34. The van der Waals surface area contributed by atoms with E-state index in [0.717, 1.165) is 32.1 Å². The minimum absolute atomic E-state index is 0.181. The summed E-state index contributed by atoms with van der Waals surface area (Å²) in [5.74, 6) is 1.32. The zero-order chi connectivity index (χ0) is 30.1. The number of esters is 2. The summed E-state index contributed by atoms with van der Waals surface area (Å²) in [5, 5.41) is 0. The molecule has 0 spiro atoms. The van der Waals surface area contributed by atoms with E-state index in [0.29, 0.717) is 94.4 Å². The molecule has 2 saturated carbocycles. The van der Waals surface area contributed by atoms with Crippen LogP contribution in [0.2, 0.25) is 0 Å². The number of ether oxygens (including phenoxy) is 2. The number of hydrogen-bond donors (Lipinski definition) is 0. The first kappa shape index (κ1) is 31.6. The summed E-state index contributed by atoms with van der Waals surface area (Å²) in [6, 6.07) is 0. The molecule has 5 unspecified atom stereocenters. The minimum atomic E-state index is -0.272. The van der Waals surface area contributed by atoms with Crippen molar-refractivity contribution < 1.29 is 38.2 Å². The van der Waals surface area contributed by atoms with Gasteiger partial charge >= 0.3 is 11.9 Å². The highest BCUT2D eigenvalue weighted by Gasteiger charge is 2.50. The molecular weight excluding hydrogens is 540 g/mol. The van der Waals surface area contributed by atoms with Gasteiger partial charge in [-0.25, -0.2) is 0 Å². The monoisotopic (exact) mass is 584 g/mol. The quantitative estimate of drug-likeness (QED) is 0.135. The molecule has 0 aromatic rings. The Kier molecular flexibility index (Phi) is 11.5. The van der Waals surface area contributed by atoms with Gasteiger partial charge in [-0.3, -0.25) is 38.6 Å². The van der Waals surface area contributed by atoms with Gasteiger partial charge in [0.05, 0.1) is 13.2 Å². The van der Waals surface area contributed by atoms with E-state index in [1.807, 2.05) is 0 Å². The summed E-state index contributed by atoms with van der Waals surface area (Å²) in [5.41, 5.74) is 0. The minimum Gasteiger partial charge on any atom is -0.466 e. The van der Waals surface area contributed by atoms with Crippen molar-refractivity contribution in [2.24, 2.45) is 29.6 Å². The van der Waals surface area contributed by atoms with Crippen molar-refractivity contribution in [2.45, 2.75) is 84.0 Å². The standard InChI is InChI=1S/C32H44N2O8/c1-22-23-19-24(21-42-32(40)11-5-3-7-17-34-29(37)14-15-30(34)38)26(20-23)25(22)9-8-18-41-31(39)10-4-2-6-16-33-27(35)12-13-28(33)36/h12-15,22-26H,2-11,16-21H2,1H3. The molecule has 2 heterocycles. The molecule has 2 aliphatic carbocycles. The van der Waals surface area contributed by atoms with Gasteiger partial charge in [0.25, 0.3) is 23.6 Å². The van der Waals surface area contributed by atoms with Crippen LogP contribution in [0.4, 0.5) is 0 Å². The molecule has 10 heteroatoms. The highest BCUT2D eigenvalue weighted by molar-refractivity contribution is 6.13. The van der Waals surface area contributed by atoms with Crippen LogP contribution in [0, 0.1) is 29.6 Å². The number of carbonyl (C=O) groups is 6. The molecule has 2 bridgehead atoms. The maximum Gasteiger partial charge on any atom is 0.305 e. The zero-order valence-corrected chi connectivity index (χ0v) is 24.7. The number of unbranched alkanes of at least 4 members (excludes halogenated alkanes) is 4. The number of nitrogens with zero attached hydrogens (tertiary/aromatic N) is 2. The fraction of sp³-hybridized carbons (Fsp3) is 0.688. The normalized spacial score (nSPS) is 26.3. The number of amides is 4. The number of hydrogen-bond acceptors (Lipinski definition) is 8. The van der Waals surface area contributed by atoms with Crippen molar-refractivity contribution >= 4 is 35.6 Å². The SMILES string of the molecule is CC1C2CC(COC(=O)CCCCCN3C(=O)C=CC3=O)C(C2)C1CCCOC(=O)CCCCCN1C(=O)C=CC1=O. The van der Waals surface area contributed by atoms with Crippen LogP contribution in [0.5, 0.6) is 0 Å². The average molecular weight is 585 g/mol. The second-order valence-corrected chi connectivity index (χ2v) is 12.2. The summed E-state index contributed by atoms with van der Waals surface area (Å²) in [6.45, 7) is 3.97. The number of imide groups is 2. The van der Waals surface area contributed by atoms with Crippen molar-refractivity contribution in [3.63, 3.8) is 0 Å². The maximum absolute atomic E-state index is 12.3. The predicted molar refractivity (Wildman–Crippen MR) is 152 cm³/mol. The van der Waals surface area contributed by atoms with Gasteiger partial charge in [0, 0.05) is 50.2 Å². The smallest absolute Gasteiger partial charge is 0.305 e. The zero-order valence-electron chi connectivity index (χ0n) is 24.7. The van der Waals surface area contributed by atoms with Gasteiger partial charge in [-0.2, -0.15) is 0 Å². The predicted octanol–water partition coefficient (Wildman–Crippen LogP) is 3.73. The molecular formula is C32H44N2O8. The van der Waals surface area contributed by atoms with Crippen LogP contribution in [0.15, 0.2) is 24.3 Å². The molecule has 2 aliphatic heterocycles. The summed E-state index contributed by atoms with van der Waals surface area (Å²) in [6.07, 6.45) is 14.1. The third kappa shape index (κ3) is 8.38. The third-order valence-corrected chi connectivity index (χ3v) is 9.48. The van der Waals surface area contributed by atoms with E-state index in [2.05, 4.69) is 6.92 Å². The molecule has 42 heavy (non-hydrogen) atoms. The Balaban J connectivity index is 1.02. The molecule has 0 aromatic heterocycles. The second-order valence-electron chi connectivity index (χ2n) is 12.2. The van der Waals surface area contributed by atoms with Crippen LogP contribution < -0.4 is 0 Å². The van der Waals surface area contributed by atoms with Crippen molar-refractivity contribution in [3.05, 3.63) is 24.3 Å². The summed E-state index contributed by atoms with van der Waals surface area (Å²) < 4.78 is 11.1. The van der Waals surface area contributed by atoms with Crippen LogP contribution >= 0.6 is 0 Å². The van der Waals surface area contributed by atoms with Crippen molar-refractivity contribution in [3.8, 4) is 0 Å². The van der Waals surface area contributed by atoms with E-state index in [1.54, 1.807) is 0 Å². The largest absolute Gasteiger partial charge is 0.466 e. The molecule has 230 valence electrons. The summed E-state index contributed by atoms with van der Waals surface area (Å²) >= 11 is 0. The van der Waals surface area contributed by atoms with E-state index in [1.165, 1.54) is 40.5 Å². The Hall–Kier alpha value is -3.30. The van der Waals surface area contributed by atoms with E-state index in [-0.39, 0.29) is 35.6 Å². The third-order valence-electron chi connectivity index (χ3n) is 9.48. The van der Waals surface area contributed by atoms with Gasteiger partial charge in [0.2, 0.25) is 0 Å². The van der Waals surface area contributed by atoms with Gasteiger partial charge in [-0.05, 0) is 81.0 Å². The van der Waals surface area contributed by atoms with Gasteiger partial charge < -0.3 is 9.47 Å². The fourth-order valence-corrected chi connectivity index (χ4v) is 7.15. The first-order valence-corrected chi connectivity index (χ1v) is 15.6. The topological polar surface area (TPSA) is 127 Å². The average Bonchev–Trinajstić information content (AvgIpc) is 3.70. The molecule has 5 atom stereocenters. The van der Waals surface area contributed by atoms with E-state index >= 15 is 0 Å². The van der Waals surface area contributed by atoms with Crippen LogP contribution in [0.1, 0.15) is 84.0 Å². The molecule has 2 fully saturated rings. The van der Waals surface area contributed by atoms with E-state index in [4.69, 9.17) is 9.47 Å². The molecule has 10 nitrogen and oxygen atoms in total. The highest BCUT2D eigenvalue weighted by Crippen LogP contribution is 2.56. The van der Waals surface area contributed by atoms with Gasteiger partial charge in [0.1, 0.15) is 0 Å². The van der Waals surface area contributed by atoms with E-state index in [9.17, 15) is 28.8 Å². The van der Waals surface area contributed by atoms with Gasteiger partial charge in [0.15, 0.2) is 0 Å². The van der Waals surface area contributed by atoms with Crippen molar-refractivity contribution in [1.29, 1.82) is 0 Å². The molecule has 0 N–H and O–H groups in total. The fourth-order valence-electron chi connectivity index (χ4n) is 7.15. The summed E-state index contributed by atoms with van der Waals surface area (Å²) in [4.78, 5) is 73.1. The number of fused-ring (bicyclic) bond motifs is 2. The Bertz CT molecular complexity index is 1060. The molecule has 4 amide bonds. The van der Waals surface area contributed by atoms with Crippen LogP contribution in [-0.4, -0.2) is 71.7 Å². The molecule has 4 rings (SSSR count). The lowest BCUT2D eigenvalue weighted by atomic mass is 9.73. The molecule has 0 aromatic carbocycles. The molecule has 0 saturated heterocycles. The molecule has 0 radical (unpaired) electrons. The molecule has 4 aliphatic rings. The maximum atomic E-state index is 12.3. The Morgan fingerprint density at radius 3 is 1.76 bits per heavy atom. The van der Waals surface area contributed by atoms with Crippen molar-refractivity contribution in [2.75, 3.05) is 26.3 Å². The highest BCUT2D eigenvalue weighted by atomic mass is 16.5. The Morgan fingerprint density at radius 1 is 0.714 bits per heavy atom. The second kappa shape index (κ2) is 15.3. The number of carbonyl (C=O) groups excluding carboxylic acids is 6. The van der Waals surface area contributed by atoms with Gasteiger partial charge in [-0.15, -0.1) is 0 Å².